The van der Waals surface area contributed by atoms with E-state index in [0.717, 1.165) is 25.3 Å². The Labute approximate surface area is 176 Å². The number of carbonyl (C=O) groups excluding carboxylic acids is 1. The molecule has 0 bridgehead atoms. The number of benzene rings is 2. The van der Waals surface area contributed by atoms with Crippen LogP contribution in [-0.2, 0) is 4.74 Å². The van der Waals surface area contributed by atoms with Crippen molar-refractivity contribution < 1.29 is 9.53 Å². The molecule has 2 N–H and O–H groups in total. The number of likely N-dealkylation sites (tertiary alicyclic amines) is 1. The van der Waals surface area contributed by atoms with Crippen molar-refractivity contribution in [3.63, 3.8) is 0 Å². The van der Waals surface area contributed by atoms with Crippen LogP contribution in [0, 0.1) is 0 Å². The van der Waals surface area contributed by atoms with Crippen molar-refractivity contribution in [1.29, 1.82) is 0 Å². The number of nitrogens with one attached hydrogen (secondary N) is 2. The van der Waals surface area contributed by atoms with Crippen LogP contribution in [0.3, 0.4) is 0 Å². The van der Waals surface area contributed by atoms with Crippen molar-refractivity contribution in [2.24, 2.45) is 0 Å². The van der Waals surface area contributed by atoms with Crippen LogP contribution in [0.25, 0.3) is 5.69 Å². The highest BCUT2D eigenvalue weighted by molar-refractivity contribution is 5.89. The number of carbonyl (C=O) groups is 1. The van der Waals surface area contributed by atoms with Crippen LogP contribution in [0.5, 0.6) is 0 Å². The van der Waals surface area contributed by atoms with Gasteiger partial charge in [-0.1, -0.05) is 48.5 Å². The minimum absolute atomic E-state index is 0.0114. The van der Waals surface area contributed by atoms with E-state index >= 15 is 0 Å². The van der Waals surface area contributed by atoms with E-state index in [1.165, 1.54) is 5.56 Å². The minimum Gasteiger partial charge on any atom is -0.383 e. The quantitative estimate of drug-likeness (QED) is 0.634. The van der Waals surface area contributed by atoms with Crippen LogP contribution in [-0.4, -0.2) is 60.1 Å². The number of amides is 2. The van der Waals surface area contributed by atoms with Crippen molar-refractivity contribution in [3.05, 3.63) is 78.5 Å². The molecule has 1 fully saturated rings. The Balaban J connectivity index is 1.45. The number of methoxy groups -OCH3 is 1. The van der Waals surface area contributed by atoms with Crippen LogP contribution < -0.4 is 10.6 Å². The van der Waals surface area contributed by atoms with Gasteiger partial charge in [-0.3, -0.25) is 10.2 Å². The standard InChI is InChI=1S/C23H27N5O2/c1-30-15-14-27-16-20(18-8-4-2-5-9-18)21(17-27)25-23(29)26-22-12-13-24-28(22)19-10-6-3-7-11-19/h2-13,20-21H,14-17H2,1H3,(H2,25,26,29)/t20-,21+/m0/s1. The van der Waals surface area contributed by atoms with E-state index in [-0.39, 0.29) is 18.0 Å². The third kappa shape index (κ3) is 4.69. The van der Waals surface area contributed by atoms with E-state index in [1.54, 1.807) is 24.1 Å². The zero-order chi connectivity index (χ0) is 20.8. The first-order valence-corrected chi connectivity index (χ1v) is 10.2. The molecule has 1 aliphatic rings. The molecule has 4 rings (SSSR count). The van der Waals surface area contributed by atoms with Crippen molar-refractivity contribution in [3.8, 4) is 5.69 Å². The van der Waals surface area contributed by atoms with E-state index in [9.17, 15) is 4.79 Å². The van der Waals surface area contributed by atoms with Gasteiger partial charge in [-0.15, -0.1) is 0 Å². The lowest BCUT2D eigenvalue weighted by atomic mass is 9.94. The Hall–Kier alpha value is -3.16. The topological polar surface area (TPSA) is 71.4 Å². The van der Waals surface area contributed by atoms with Gasteiger partial charge in [0.2, 0.25) is 0 Å². The second-order valence-electron chi connectivity index (χ2n) is 7.44. The second kappa shape index (κ2) is 9.56. The fourth-order valence-corrected chi connectivity index (χ4v) is 3.97. The largest absolute Gasteiger partial charge is 0.383 e. The molecule has 0 spiro atoms. The van der Waals surface area contributed by atoms with Gasteiger partial charge in [-0.2, -0.15) is 5.10 Å². The SMILES string of the molecule is COCCN1C[C@@H](NC(=O)Nc2ccnn2-c2ccccc2)[C@H](c2ccccc2)C1. The van der Waals surface area contributed by atoms with Crippen LogP contribution in [0.2, 0.25) is 0 Å². The summed E-state index contributed by atoms with van der Waals surface area (Å²) >= 11 is 0. The molecule has 2 heterocycles. The van der Waals surface area contributed by atoms with Crippen LogP contribution in [0.15, 0.2) is 72.9 Å². The molecular weight excluding hydrogens is 378 g/mol. The molecular formula is C23H27N5O2. The van der Waals surface area contributed by atoms with Crippen LogP contribution in [0.4, 0.5) is 10.6 Å². The van der Waals surface area contributed by atoms with E-state index in [0.29, 0.717) is 12.4 Å². The summed E-state index contributed by atoms with van der Waals surface area (Å²) in [4.78, 5) is 15.2. The summed E-state index contributed by atoms with van der Waals surface area (Å²) in [5.74, 6) is 0.858. The van der Waals surface area contributed by atoms with E-state index in [2.05, 4.69) is 32.8 Å². The molecule has 7 nitrogen and oxygen atoms in total. The van der Waals surface area contributed by atoms with Crippen molar-refractivity contribution in [2.45, 2.75) is 12.0 Å². The van der Waals surface area contributed by atoms with Gasteiger partial charge in [0.15, 0.2) is 0 Å². The predicted octanol–water partition coefficient (Wildman–Crippen LogP) is 3.11. The molecule has 30 heavy (non-hydrogen) atoms. The van der Waals surface area contributed by atoms with E-state index in [1.807, 2.05) is 48.5 Å². The Morgan fingerprint density at radius 1 is 1.07 bits per heavy atom. The molecule has 7 heteroatoms. The van der Waals surface area contributed by atoms with Crippen LogP contribution >= 0.6 is 0 Å². The summed E-state index contributed by atoms with van der Waals surface area (Å²) < 4.78 is 6.95. The summed E-state index contributed by atoms with van der Waals surface area (Å²) in [5, 5.41) is 10.5. The first-order valence-electron chi connectivity index (χ1n) is 10.2. The molecule has 1 aliphatic heterocycles. The maximum atomic E-state index is 12.8. The number of nitrogens with zero attached hydrogens (tertiary/aromatic N) is 3. The Morgan fingerprint density at radius 2 is 1.80 bits per heavy atom. The lowest BCUT2D eigenvalue weighted by Gasteiger charge is -2.20. The minimum atomic E-state index is -0.229. The lowest BCUT2D eigenvalue weighted by Crippen LogP contribution is -2.42. The molecule has 0 unspecified atom stereocenters. The zero-order valence-electron chi connectivity index (χ0n) is 17.1. The maximum Gasteiger partial charge on any atom is 0.320 e. The maximum absolute atomic E-state index is 12.8. The normalized spacial score (nSPS) is 19.0. The first kappa shape index (κ1) is 20.1. The highest BCUT2D eigenvalue weighted by Crippen LogP contribution is 2.27. The van der Waals surface area contributed by atoms with Gasteiger partial charge >= 0.3 is 6.03 Å². The smallest absolute Gasteiger partial charge is 0.320 e. The number of hydrogen-bond acceptors (Lipinski definition) is 4. The number of rotatable bonds is 7. The average Bonchev–Trinajstić information content (AvgIpc) is 3.40. The number of hydrogen-bond donors (Lipinski definition) is 2. The molecule has 0 saturated carbocycles. The zero-order valence-corrected chi connectivity index (χ0v) is 17.1. The molecule has 3 aromatic rings. The van der Waals surface area contributed by atoms with E-state index < -0.39 is 0 Å². The molecule has 0 aliphatic carbocycles. The number of ether oxygens (including phenoxy) is 1. The summed E-state index contributed by atoms with van der Waals surface area (Å²) in [6.45, 7) is 3.20. The molecule has 0 radical (unpaired) electrons. The fourth-order valence-electron chi connectivity index (χ4n) is 3.97. The van der Waals surface area contributed by atoms with Gasteiger partial charge in [-0.25, -0.2) is 9.48 Å². The number of anilines is 1. The van der Waals surface area contributed by atoms with Crippen molar-refractivity contribution in [1.82, 2.24) is 20.0 Å². The molecule has 1 aromatic heterocycles. The van der Waals surface area contributed by atoms with Gasteiger partial charge in [0.05, 0.1) is 24.5 Å². The molecule has 156 valence electrons. The molecule has 2 aromatic carbocycles. The highest BCUT2D eigenvalue weighted by atomic mass is 16.5. The monoisotopic (exact) mass is 405 g/mol. The fraction of sp³-hybridized carbons (Fsp3) is 0.304. The molecule has 1 saturated heterocycles. The Bertz CT molecular complexity index is 944. The molecule has 2 atom stereocenters. The highest BCUT2D eigenvalue weighted by Gasteiger charge is 2.34. The number of urea groups is 1. The van der Waals surface area contributed by atoms with Gasteiger partial charge in [0, 0.05) is 38.7 Å². The van der Waals surface area contributed by atoms with Gasteiger partial charge in [-0.05, 0) is 17.7 Å². The summed E-state index contributed by atoms with van der Waals surface area (Å²) in [5.41, 5.74) is 2.13. The second-order valence-corrected chi connectivity index (χ2v) is 7.44. The van der Waals surface area contributed by atoms with Gasteiger partial charge < -0.3 is 10.1 Å². The average molecular weight is 406 g/mol. The molecule has 2 amide bonds. The third-order valence-electron chi connectivity index (χ3n) is 5.44. The first-order chi connectivity index (χ1) is 14.7. The predicted molar refractivity (Wildman–Crippen MR) is 117 cm³/mol. The Morgan fingerprint density at radius 3 is 2.53 bits per heavy atom. The summed E-state index contributed by atoms with van der Waals surface area (Å²) in [6, 6.07) is 21.7. The lowest BCUT2D eigenvalue weighted by molar-refractivity contribution is 0.159. The number of para-hydroxylation sites is 1. The Kier molecular flexibility index (Phi) is 6.41. The van der Waals surface area contributed by atoms with Crippen molar-refractivity contribution >= 4 is 11.8 Å². The van der Waals surface area contributed by atoms with E-state index in [4.69, 9.17) is 4.74 Å². The summed E-state index contributed by atoms with van der Waals surface area (Å²) in [6.07, 6.45) is 1.68. The third-order valence-corrected chi connectivity index (χ3v) is 5.44. The van der Waals surface area contributed by atoms with Gasteiger partial charge in [0.1, 0.15) is 5.82 Å². The van der Waals surface area contributed by atoms with Crippen LogP contribution in [0.1, 0.15) is 11.5 Å². The van der Waals surface area contributed by atoms with Gasteiger partial charge in [0.25, 0.3) is 0 Å². The number of aromatic nitrogens is 2. The summed E-state index contributed by atoms with van der Waals surface area (Å²) in [7, 11) is 1.71. The van der Waals surface area contributed by atoms with Crippen molar-refractivity contribution in [2.75, 3.05) is 38.7 Å².